The molecule has 0 aromatic carbocycles. The minimum Gasteiger partial charge on any atom is -0.344 e. The lowest BCUT2D eigenvalue weighted by Gasteiger charge is -2.30. The van der Waals surface area contributed by atoms with Crippen molar-refractivity contribution in [3.63, 3.8) is 0 Å². The molecule has 25 nitrogen and oxygen atoms in total. The normalized spacial score (nSPS) is 15.4. The molecule has 0 spiro atoms. The van der Waals surface area contributed by atoms with Gasteiger partial charge in [-0.2, -0.15) is 0 Å². The van der Waals surface area contributed by atoms with E-state index in [-0.39, 0.29) is 105 Å². The molecular weight excluding hydrogens is 1160 g/mol. The van der Waals surface area contributed by atoms with Gasteiger partial charge in [0.05, 0.1) is 12.1 Å². The lowest BCUT2D eigenvalue weighted by molar-refractivity contribution is -0.136. The summed E-state index contributed by atoms with van der Waals surface area (Å²) >= 11 is 0. The molecule has 25 heteroatoms. The molecule has 0 aliphatic heterocycles. The van der Waals surface area contributed by atoms with Gasteiger partial charge >= 0.3 is 0 Å². The number of unbranched alkanes of at least 4 members (excludes halogenated alkanes) is 3. The van der Waals surface area contributed by atoms with Gasteiger partial charge in [0.15, 0.2) is 0 Å². The Bertz CT molecular complexity index is 2210. The Hall–Kier alpha value is -5.79. The fraction of sp³-hybridized carbons (Fsp3) is 0.833. The van der Waals surface area contributed by atoms with E-state index in [4.69, 9.17) is 22.9 Å². The largest absolute Gasteiger partial charge is 0.344 e. The fourth-order valence-corrected chi connectivity index (χ4v) is 10.4. The van der Waals surface area contributed by atoms with E-state index in [1.54, 1.807) is 0 Å². The van der Waals surface area contributed by atoms with E-state index in [1.807, 2.05) is 117 Å². The molecule has 18 N–H and O–H groups in total. The second-order valence-electron chi connectivity index (χ2n) is 28.2. The molecule has 0 aromatic heterocycles. The van der Waals surface area contributed by atoms with Gasteiger partial charge in [0.1, 0.15) is 54.4 Å². The number of rotatable bonds is 49. The first-order valence-electron chi connectivity index (χ1n) is 33.9. The summed E-state index contributed by atoms with van der Waals surface area (Å²) in [5.74, 6) is -7.15. The molecular formula is C66H125N14O11. The number of nitrogens with two attached hydrogens (primary N) is 4. The minimum atomic E-state index is -1.22. The van der Waals surface area contributed by atoms with E-state index in [0.717, 1.165) is 0 Å². The van der Waals surface area contributed by atoms with Crippen LogP contribution in [0.4, 0.5) is 0 Å². The van der Waals surface area contributed by atoms with Crippen molar-refractivity contribution >= 4 is 65.4 Å². The van der Waals surface area contributed by atoms with Crippen LogP contribution in [0.25, 0.3) is 0 Å². The highest BCUT2D eigenvalue weighted by atomic mass is 16.2. The molecule has 91 heavy (non-hydrogen) atoms. The molecule has 0 saturated carbocycles. The quantitative estimate of drug-likeness (QED) is 0.0389. The van der Waals surface area contributed by atoms with Gasteiger partial charge in [0, 0.05) is 0 Å². The van der Waals surface area contributed by atoms with Crippen molar-refractivity contribution in [1.29, 1.82) is 0 Å². The van der Waals surface area contributed by atoms with E-state index < -0.39 is 126 Å². The van der Waals surface area contributed by atoms with E-state index in [0.29, 0.717) is 71.0 Å². The number of carbonyl (C=O) groups excluding carboxylic acids is 11. The van der Waals surface area contributed by atoms with Gasteiger partial charge in [-0.3, -0.25) is 52.7 Å². The summed E-state index contributed by atoms with van der Waals surface area (Å²) in [7, 11) is 0. The molecule has 0 unspecified atom stereocenters. The Labute approximate surface area is 545 Å². The summed E-state index contributed by atoms with van der Waals surface area (Å²) in [6.07, 6.45) is 7.57. The Kier molecular flexibility index (Phi) is 43.4. The maximum atomic E-state index is 14.6. The van der Waals surface area contributed by atoms with E-state index in [2.05, 4.69) is 53.2 Å². The van der Waals surface area contributed by atoms with Gasteiger partial charge in [-0.15, -0.1) is 0 Å². The number of hydrogen-bond donors (Lipinski definition) is 14. The molecule has 0 saturated heterocycles. The highest BCUT2D eigenvalue weighted by Crippen LogP contribution is 2.17. The van der Waals surface area contributed by atoms with Crippen LogP contribution in [0.1, 0.15) is 220 Å². The molecule has 0 fully saturated rings. The Morgan fingerprint density at radius 3 is 0.670 bits per heavy atom. The summed E-state index contributed by atoms with van der Waals surface area (Å²) in [4.78, 5) is 153. The lowest BCUT2D eigenvalue weighted by atomic mass is 9.97. The van der Waals surface area contributed by atoms with E-state index >= 15 is 0 Å². The third-order valence-corrected chi connectivity index (χ3v) is 15.0. The van der Waals surface area contributed by atoms with E-state index in [1.165, 1.54) is 0 Å². The van der Waals surface area contributed by atoms with Crippen molar-refractivity contribution in [2.45, 2.75) is 286 Å². The van der Waals surface area contributed by atoms with Crippen LogP contribution in [-0.2, 0) is 52.7 Å². The number of carbonyl (C=O) groups is 10. The van der Waals surface area contributed by atoms with Crippen LogP contribution in [0.5, 0.6) is 0 Å². The van der Waals surface area contributed by atoms with Crippen molar-refractivity contribution in [3.05, 3.63) is 0 Å². The van der Waals surface area contributed by atoms with Gasteiger partial charge in [-0.05, 0) is 170 Å². The standard InChI is InChI=1S/C66H125N14O11/c1-38(2)29-49(59(84)71-46(37-81)23-17-20-26-67)75-63(88)53(33-42(9)10)79-66(91)56(36-45(15)16)78-62(87)52(32-41(7)8)74-58(83)48(25-19-22-28-69)72-60(85)51(31-40(5)6)76-64(89)55(35-44(13)14)80-65(90)54(34-43(11)12)77-61(86)50(30-39(3)4)73-57(82)47(70)24-18-21-27-68/h38-56H,17-36,67-70H2,1-16H3,(H,71,84)(H,72,85)(H,73,82)(H,74,83)(H,75,88)(H,76,89)(H,77,86)(H,78,87)(H,79,91)(H,80,90)/t46-,47-,48-,49-,50-,51-,52-,53-,54-,55-,56-/m0/s1. The summed E-state index contributed by atoms with van der Waals surface area (Å²) in [5, 5.41) is 28.2. The topological polar surface area (TPSA) is 412 Å². The van der Waals surface area contributed by atoms with E-state index in [9.17, 15) is 52.7 Å². The van der Waals surface area contributed by atoms with Crippen molar-refractivity contribution < 1.29 is 52.7 Å². The molecule has 0 aliphatic carbocycles. The predicted octanol–water partition coefficient (Wildman–Crippen LogP) is 3.03. The molecule has 525 valence electrons. The van der Waals surface area contributed by atoms with Gasteiger partial charge in [0.2, 0.25) is 65.4 Å². The predicted molar refractivity (Wildman–Crippen MR) is 357 cm³/mol. The van der Waals surface area contributed by atoms with Gasteiger partial charge < -0.3 is 76.1 Å². The van der Waals surface area contributed by atoms with Gasteiger partial charge in [0.25, 0.3) is 0 Å². The number of amides is 10. The van der Waals surface area contributed by atoms with Crippen LogP contribution in [0.3, 0.4) is 0 Å². The zero-order valence-corrected chi connectivity index (χ0v) is 58.4. The lowest BCUT2D eigenvalue weighted by Crippen LogP contribution is -2.61. The molecule has 0 bridgehead atoms. The third-order valence-electron chi connectivity index (χ3n) is 15.0. The van der Waals surface area contributed by atoms with Crippen LogP contribution in [0.2, 0.25) is 0 Å². The average molecular weight is 1290 g/mol. The molecule has 0 rings (SSSR count). The highest BCUT2D eigenvalue weighted by molar-refractivity contribution is 5.99. The SMILES string of the molecule is CC(C)C[C@H](NC(=O)[C@H](CC(C)C)NC(=O)[C@H](CC(C)C)NC(=O)[C@H](CC(C)C)NC(=O)[C@H](CCCCN)NC(=O)[C@H](CC(C)C)NC(=O)[C@H](CC(C)C)NC(=O)[C@H](CC(C)C)NC(=O)[C@H](CC(C)C)NC(=O)[C@@H](N)CCCCN)C(=O)N[C@H]([C]=O)CCCCN. The molecule has 11 atom stereocenters. The summed E-state index contributed by atoms with van der Waals surface area (Å²) in [6, 6.07) is -12.0. The highest BCUT2D eigenvalue weighted by Gasteiger charge is 2.37. The molecule has 1 radical (unpaired) electrons. The van der Waals surface area contributed by atoms with Gasteiger partial charge in [-0.1, -0.05) is 117 Å². The second-order valence-corrected chi connectivity index (χ2v) is 28.2. The smallest absolute Gasteiger partial charge is 0.243 e. The van der Waals surface area contributed by atoms with Crippen molar-refractivity contribution in [2.24, 2.45) is 70.3 Å². The van der Waals surface area contributed by atoms with Crippen LogP contribution >= 0.6 is 0 Å². The fourth-order valence-electron chi connectivity index (χ4n) is 10.4. The van der Waals surface area contributed by atoms with Crippen molar-refractivity contribution in [2.75, 3.05) is 19.6 Å². The second kappa shape index (κ2) is 46.3. The summed E-state index contributed by atoms with van der Waals surface area (Å²) in [5.41, 5.74) is 23.3. The molecule has 10 amide bonds. The van der Waals surface area contributed by atoms with Crippen molar-refractivity contribution in [3.8, 4) is 0 Å². The first kappa shape index (κ1) is 85.2. The Morgan fingerprint density at radius 1 is 0.264 bits per heavy atom. The number of hydrogen-bond acceptors (Lipinski definition) is 15. The van der Waals surface area contributed by atoms with Gasteiger partial charge in [-0.25, -0.2) is 0 Å². The zero-order valence-electron chi connectivity index (χ0n) is 58.4. The monoisotopic (exact) mass is 1290 g/mol. The van der Waals surface area contributed by atoms with Crippen LogP contribution in [-0.4, -0.2) is 151 Å². The summed E-state index contributed by atoms with van der Waals surface area (Å²) in [6.45, 7) is 31.1. The maximum Gasteiger partial charge on any atom is 0.243 e. The molecule has 0 aliphatic rings. The first-order chi connectivity index (χ1) is 42.6. The van der Waals surface area contributed by atoms with Crippen molar-refractivity contribution in [1.82, 2.24) is 53.2 Å². The van der Waals surface area contributed by atoms with Crippen LogP contribution in [0, 0.1) is 47.3 Å². The first-order valence-corrected chi connectivity index (χ1v) is 33.9. The van der Waals surface area contributed by atoms with Crippen LogP contribution < -0.4 is 76.1 Å². The third kappa shape index (κ3) is 37.5. The summed E-state index contributed by atoms with van der Waals surface area (Å²) < 4.78 is 0. The zero-order chi connectivity index (χ0) is 69.7. The molecule has 0 aromatic rings. The van der Waals surface area contributed by atoms with Crippen LogP contribution in [0.15, 0.2) is 0 Å². The number of nitrogens with one attached hydrogen (secondary N) is 10. The Morgan fingerprint density at radius 2 is 0.451 bits per heavy atom. The molecule has 0 heterocycles. The average Bonchev–Trinajstić information content (AvgIpc) is 3.37. The Balaban J connectivity index is 6.94. The minimum absolute atomic E-state index is 0.0177. The maximum absolute atomic E-state index is 14.6.